The van der Waals surface area contributed by atoms with Gasteiger partial charge >= 0.3 is 0 Å². The highest BCUT2D eigenvalue weighted by Gasteiger charge is 2.19. The number of nitrogens with zero attached hydrogens (tertiary/aromatic N) is 3. The topological polar surface area (TPSA) is 59.8 Å². The highest BCUT2D eigenvalue weighted by Crippen LogP contribution is 2.29. The molecule has 1 aliphatic rings. The van der Waals surface area contributed by atoms with E-state index in [9.17, 15) is 4.79 Å². The molecular weight excluding hydrogens is 352 g/mol. The van der Waals surface area contributed by atoms with Gasteiger partial charge in [0.15, 0.2) is 0 Å². The molecule has 0 unspecified atom stereocenters. The summed E-state index contributed by atoms with van der Waals surface area (Å²) >= 11 is 3.30. The number of nitrogens with one attached hydrogen (secondary N) is 1. The number of fused-ring (bicyclic) bond motifs is 3. The lowest BCUT2D eigenvalue weighted by Gasteiger charge is -2.12. The molecule has 0 spiro atoms. The fourth-order valence-corrected chi connectivity index (χ4v) is 4.82. The lowest BCUT2D eigenvalue weighted by molar-refractivity contribution is 0.651. The van der Waals surface area contributed by atoms with Gasteiger partial charge in [-0.15, -0.1) is 35.1 Å². The Kier molecular flexibility index (Phi) is 4.82. The van der Waals surface area contributed by atoms with E-state index in [1.807, 2.05) is 12.4 Å². The Balaban J connectivity index is 0.00000156. The molecule has 4 heterocycles. The van der Waals surface area contributed by atoms with Gasteiger partial charge in [0.05, 0.1) is 22.9 Å². The summed E-state index contributed by atoms with van der Waals surface area (Å²) < 4.78 is 1.75. The van der Waals surface area contributed by atoms with Crippen LogP contribution in [0.25, 0.3) is 10.2 Å². The third-order valence-electron chi connectivity index (χ3n) is 4.12. The average Bonchev–Trinajstić information content (AvgIpc) is 3.10. The number of thiophene rings is 1. The summed E-state index contributed by atoms with van der Waals surface area (Å²) in [5, 5.41) is 4.19. The molecule has 3 aromatic rings. The van der Waals surface area contributed by atoms with Crippen molar-refractivity contribution in [1.29, 1.82) is 0 Å². The van der Waals surface area contributed by atoms with E-state index in [0.29, 0.717) is 6.54 Å². The standard InChI is InChI=1S/C15H16N4OS2.ClH/c1-9-11(21-8-18-9)3-5-19-7-17-14-13(15(19)20)10-2-4-16-6-12(10)22-14;/h7-8,16H,2-6H2,1H3;1H. The number of aromatic nitrogens is 3. The van der Waals surface area contributed by atoms with Crippen molar-refractivity contribution in [2.75, 3.05) is 6.54 Å². The lowest BCUT2D eigenvalue weighted by atomic mass is 10.1. The molecule has 5 nitrogen and oxygen atoms in total. The molecule has 1 aliphatic heterocycles. The van der Waals surface area contributed by atoms with Crippen molar-refractivity contribution in [3.8, 4) is 0 Å². The molecule has 1 N–H and O–H groups in total. The molecule has 23 heavy (non-hydrogen) atoms. The molecule has 0 amide bonds. The van der Waals surface area contributed by atoms with Crippen LogP contribution in [0.15, 0.2) is 16.6 Å². The molecular formula is C15H17ClN4OS2. The molecule has 122 valence electrons. The average molecular weight is 369 g/mol. The number of hydrogen-bond acceptors (Lipinski definition) is 6. The van der Waals surface area contributed by atoms with Gasteiger partial charge in [-0.2, -0.15) is 0 Å². The summed E-state index contributed by atoms with van der Waals surface area (Å²) in [6.07, 6.45) is 3.44. The second-order valence-corrected chi connectivity index (χ2v) is 7.49. The van der Waals surface area contributed by atoms with E-state index >= 15 is 0 Å². The van der Waals surface area contributed by atoms with Gasteiger partial charge in [0, 0.05) is 29.3 Å². The Morgan fingerprint density at radius 2 is 2.26 bits per heavy atom. The SMILES string of the molecule is Cc1ncsc1CCn1cnc2sc3c(c2c1=O)CCNC3.Cl. The van der Waals surface area contributed by atoms with Gasteiger partial charge in [0.25, 0.3) is 5.56 Å². The normalized spacial score (nSPS) is 13.8. The fraction of sp³-hybridized carbons (Fsp3) is 0.400. The Hall–Kier alpha value is -1.28. The third-order valence-corrected chi connectivity index (χ3v) is 6.26. The van der Waals surface area contributed by atoms with Crippen molar-refractivity contribution >= 4 is 45.3 Å². The number of rotatable bonds is 3. The minimum Gasteiger partial charge on any atom is -0.312 e. The van der Waals surface area contributed by atoms with Crippen LogP contribution in [0.4, 0.5) is 0 Å². The summed E-state index contributed by atoms with van der Waals surface area (Å²) in [4.78, 5) is 25.0. The van der Waals surface area contributed by atoms with Crippen molar-refractivity contribution in [2.45, 2.75) is 32.9 Å². The first-order valence-corrected chi connectivity index (χ1v) is 9.03. The molecule has 0 aromatic carbocycles. The van der Waals surface area contributed by atoms with E-state index in [2.05, 4.69) is 15.3 Å². The van der Waals surface area contributed by atoms with Gasteiger partial charge in [-0.25, -0.2) is 9.97 Å². The highest BCUT2D eigenvalue weighted by molar-refractivity contribution is 7.18. The molecule has 8 heteroatoms. The first-order chi connectivity index (χ1) is 10.7. The van der Waals surface area contributed by atoms with Crippen LogP contribution in [-0.2, 0) is 25.9 Å². The van der Waals surface area contributed by atoms with Crippen LogP contribution >= 0.6 is 35.1 Å². The number of thiazole rings is 1. The Morgan fingerprint density at radius 1 is 1.39 bits per heavy atom. The smallest absolute Gasteiger partial charge is 0.262 e. The number of aryl methyl sites for hydroxylation is 3. The summed E-state index contributed by atoms with van der Waals surface area (Å²) in [5.74, 6) is 0. The predicted octanol–water partition coefficient (Wildman–Crippen LogP) is 2.53. The molecule has 0 aliphatic carbocycles. The van der Waals surface area contributed by atoms with E-state index in [1.165, 1.54) is 15.3 Å². The summed E-state index contributed by atoms with van der Waals surface area (Å²) in [7, 11) is 0. The van der Waals surface area contributed by atoms with Crippen LogP contribution in [0, 0.1) is 6.92 Å². The van der Waals surface area contributed by atoms with Crippen LogP contribution in [0.1, 0.15) is 21.0 Å². The highest BCUT2D eigenvalue weighted by atomic mass is 35.5. The van der Waals surface area contributed by atoms with Gasteiger partial charge in [-0.05, 0) is 25.5 Å². The molecule has 4 rings (SSSR count). The molecule has 0 atom stereocenters. The largest absolute Gasteiger partial charge is 0.312 e. The maximum atomic E-state index is 12.8. The van der Waals surface area contributed by atoms with Crippen molar-refractivity contribution < 1.29 is 0 Å². The second kappa shape index (κ2) is 6.68. The third kappa shape index (κ3) is 2.94. The summed E-state index contributed by atoms with van der Waals surface area (Å²) in [5.41, 5.74) is 4.23. The minimum atomic E-state index is 0. The molecule has 0 radical (unpaired) electrons. The predicted molar refractivity (Wildman–Crippen MR) is 97.1 cm³/mol. The van der Waals surface area contributed by atoms with Crippen LogP contribution in [0.3, 0.4) is 0 Å². The van der Waals surface area contributed by atoms with Gasteiger partial charge in [0.2, 0.25) is 0 Å². The van der Waals surface area contributed by atoms with Crippen LogP contribution in [0.2, 0.25) is 0 Å². The Labute approximate surface area is 147 Å². The summed E-state index contributed by atoms with van der Waals surface area (Å²) in [6.45, 7) is 4.47. The zero-order chi connectivity index (χ0) is 15.1. The first kappa shape index (κ1) is 16.6. The first-order valence-electron chi connectivity index (χ1n) is 7.33. The lowest BCUT2D eigenvalue weighted by Crippen LogP contribution is -2.25. The summed E-state index contributed by atoms with van der Waals surface area (Å²) in [6, 6.07) is 0. The Bertz CT molecular complexity index is 899. The Morgan fingerprint density at radius 3 is 3.04 bits per heavy atom. The van der Waals surface area contributed by atoms with Crippen LogP contribution < -0.4 is 10.9 Å². The van der Waals surface area contributed by atoms with E-state index < -0.39 is 0 Å². The quantitative estimate of drug-likeness (QED) is 0.771. The monoisotopic (exact) mass is 368 g/mol. The molecule has 0 bridgehead atoms. The minimum absolute atomic E-state index is 0. The zero-order valence-corrected chi connectivity index (χ0v) is 15.1. The van der Waals surface area contributed by atoms with E-state index in [-0.39, 0.29) is 18.0 Å². The maximum absolute atomic E-state index is 12.8. The molecule has 0 fully saturated rings. The van der Waals surface area contributed by atoms with E-state index in [1.54, 1.807) is 33.6 Å². The van der Waals surface area contributed by atoms with Crippen molar-refractivity contribution in [3.63, 3.8) is 0 Å². The van der Waals surface area contributed by atoms with Crippen molar-refractivity contribution in [1.82, 2.24) is 19.9 Å². The number of hydrogen-bond donors (Lipinski definition) is 1. The van der Waals surface area contributed by atoms with Gasteiger partial charge in [0.1, 0.15) is 4.83 Å². The zero-order valence-electron chi connectivity index (χ0n) is 12.7. The van der Waals surface area contributed by atoms with Gasteiger partial charge in [-0.1, -0.05) is 0 Å². The van der Waals surface area contributed by atoms with Crippen molar-refractivity contribution in [2.24, 2.45) is 0 Å². The van der Waals surface area contributed by atoms with Gasteiger partial charge in [-0.3, -0.25) is 9.36 Å². The van der Waals surface area contributed by atoms with E-state index in [0.717, 1.165) is 41.8 Å². The molecule has 3 aromatic heterocycles. The van der Waals surface area contributed by atoms with Crippen molar-refractivity contribution in [3.05, 3.63) is 43.2 Å². The molecule has 0 saturated carbocycles. The fourth-order valence-electron chi connectivity index (χ4n) is 2.90. The van der Waals surface area contributed by atoms with Gasteiger partial charge < -0.3 is 5.32 Å². The second-order valence-electron chi connectivity index (χ2n) is 5.46. The number of halogens is 1. The van der Waals surface area contributed by atoms with E-state index in [4.69, 9.17) is 0 Å². The van der Waals surface area contributed by atoms with Crippen LogP contribution in [-0.4, -0.2) is 21.1 Å². The van der Waals surface area contributed by atoms with Crippen LogP contribution in [0.5, 0.6) is 0 Å². The molecule has 0 saturated heterocycles. The maximum Gasteiger partial charge on any atom is 0.262 e.